The van der Waals surface area contributed by atoms with Gasteiger partial charge in [0.15, 0.2) is 6.04 Å². The fourth-order valence-corrected chi connectivity index (χ4v) is 3.29. The van der Waals surface area contributed by atoms with Crippen molar-refractivity contribution in [1.29, 1.82) is 0 Å². The van der Waals surface area contributed by atoms with Gasteiger partial charge in [0, 0.05) is 16.6 Å². The highest BCUT2D eigenvalue weighted by molar-refractivity contribution is 9.10. The summed E-state index contributed by atoms with van der Waals surface area (Å²) in [6.45, 7) is 3.87. The predicted molar refractivity (Wildman–Crippen MR) is 102 cm³/mol. The van der Waals surface area contributed by atoms with Crippen molar-refractivity contribution in [2.75, 3.05) is 18.4 Å². The first kappa shape index (κ1) is 16.9. The Balaban J connectivity index is 1.60. The average Bonchev–Trinajstić information content (AvgIpc) is 2.64. The molecule has 3 rings (SSSR count). The molecule has 24 heavy (non-hydrogen) atoms. The van der Waals surface area contributed by atoms with Crippen LogP contribution in [-0.2, 0) is 4.79 Å². The molecule has 3 nitrogen and oxygen atoms in total. The van der Waals surface area contributed by atoms with E-state index in [1.807, 2.05) is 37.3 Å². The van der Waals surface area contributed by atoms with Crippen LogP contribution in [0, 0.1) is 0 Å². The van der Waals surface area contributed by atoms with Crippen LogP contribution in [0.25, 0.3) is 5.57 Å². The number of hydrogen-bond acceptors (Lipinski definition) is 1. The first-order valence-electron chi connectivity index (χ1n) is 8.29. The Hall–Kier alpha value is -1.91. The second-order valence-corrected chi connectivity index (χ2v) is 7.09. The second-order valence-electron chi connectivity index (χ2n) is 6.18. The summed E-state index contributed by atoms with van der Waals surface area (Å²) in [6, 6.07) is 18.1. The lowest BCUT2D eigenvalue weighted by Gasteiger charge is -2.28. The summed E-state index contributed by atoms with van der Waals surface area (Å²) in [5.41, 5.74) is 3.52. The van der Waals surface area contributed by atoms with E-state index in [2.05, 4.69) is 51.6 Å². The number of nitrogens with one attached hydrogen (secondary N) is 2. The standard InChI is InChI=1S/C20H21BrN2O/c1-15(20(24)22-19-9-7-18(21)8-10-19)23-13-11-17(12-14-23)16-5-3-2-4-6-16/h2-11,15H,12-14H2,1H3,(H,22,24)/p+1/t15-/m1/s1. The lowest BCUT2D eigenvalue weighted by atomic mass is 9.99. The molecule has 124 valence electrons. The molecule has 0 saturated carbocycles. The highest BCUT2D eigenvalue weighted by atomic mass is 79.9. The van der Waals surface area contributed by atoms with Gasteiger partial charge in [0.05, 0.1) is 13.1 Å². The van der Waals surface area contributed by atoms with Crippen LogP contribution in [0.2, 0.25) is 0 Å². The number of carbonyl (C=O) groups excluding carboxylic acids is 1. The Morgan fingerprint density at radius 3 is 2.46 bits per heavy atom. The Morgan fingerprint density at radius 2 is 1.83 bits per heavy atom. The van der Waals surface area contributed by atoms with Gasteiger partial charge in [0.25, 0.3) is 5.91 Å². The number of carbonyl (C=O) groups is 1. The number of benzene rings is 2. The van der Waals surface area contributed by atoms with Crippen molar-refractivity contribution < 1.29 is 9.69 Å². The maximum Gasteiger partial charge on any atom is 0.282 e. The quantitative estimate of drug-likeness (QED) is 0.832. The molecule has 1 aliphatic heterocycles. The topological polar surface area (TPSA) is 33.5 Å². The Morgan fingerprint density at radius 1 is 1.12 bits per heavy atom. The van der Waals surface area contributed by atoms with Crippen molar-refractivity contribution in [3.05, 3.63) is 70.7 Å². The summed E-state index contributed by atoms with van der Waals surface area (Å²) in [5.74, 6) is 0.0730. The van der Waals surface area contributed by atoms with Crippen molar-refractivity contribution in [3.8, 4) is 0 Å². The van der Waals surface area contributed by atoms with Gasteiger partial charge in [0.1, 0.15) is 0 Å². The van der Waals surface area contributed by atoms with E-state index >= 15 is 0 Å². The summed E-state index contributed by atoms with van der Waals surface area (Å²) in [5, 5.41) is 3.01. The molecule has 2 aromatic rings. The van der Waals surface area contributed by atoms with E-state index in [1.165, 1.54) is 16.0 Å². The lowest BCUT2D eigenvalue weighted by molar-refractivity contribution is -0.909. The molecule has 0 spiro atoms. The highest BCUT2D eigenvalue weighted by Crippen LogP contribution is 2.18. The minimum absolute atomic E-state index is 0.0674. The van der Waals surface area contributed by atoms with Crippen molar-refractivity contribution in [1.82, 2.24) is 0 Å². The van der Waals surface area contributed by atoms with Crippen LogP contribution in [0.3, 0.4) is 0 Å². The van der Waals surface area contributed by atoms with Gasteiger partial charge >= 0.3 is 0 Å². The molecule has 0 radical (unpaired) electrons. The van der Waals surface area contributed by atoms with E-state index in [0.717, 1.165) is 29.7 Å². The second kappa shape index (κ2) is 7.77. The van der Waals surface area contributed by atoms with E-state index in [1.54, 1.807) is 0 Å². The fourth-order valence-electron chi connectivity index (χ4n) is 3.03. The number of anilines is 1. The summed E-state index contributed by atoms with van der Waals surface area (Å²) in [4.78, 5) is 13.8. The maximum absolute atomic E-state index is 12.5. The molecule has 0 saturated heterocycles. The van der Waals surface area contributed by atoms with Crippen LogP contribution in [0.15, 0.2) is 65.1 Å². The van der Waals surface area contributed by atoms with Gasteiger partial charge in [-0.15, -0.1) is 0 Å². The molecule has 2 aromatic carbocycles. The van der Waals surface area contributed by atoms with Crippen molar-refractivity contribution in [3.63, 3.8) is 0 Å². The van der Waals surface area contributed by atoms with Crippen LogP contribution < -0.4 is 10.2 Å². The van der Waals surface area contributed by atoms with Crippen LogP contribution in [-0.4, -0.2) is 25.0 Å². The molecular formula is C20H22BrN2O+. The van der Waals surface area contributed by atoms with Crippen LogP contribution in [0.4, 0.5) is 5.69 Å². The summed E-state index contributed by atoms with van der Waals surface area (Å²) < 4.78 is 1.01. The average molecular weight is 386 g/mol. The zero-order valence-corrected chi connectivity index (χ0v) is 15.3. The fraction of sp³-hybridized carbons (Fsp3) is 0.250. The van der Waals surface area contributed by atoms with Gasteiger partial charge < -0.3 is 10.2 Å². The van der Waals surface area contributed by atoms with E-state index < -0.39 is 0 Å². The molecule has 0 fully saturated rings. The van der Waals surface area contributed by atoms with Gasteiger partial charge in [0.2, 0.25) is 0 Å². The summed E-state index contributed by atoms with van der Waals surface area (Å²) in [7, 11) is 0. The van der Waals surface area contributed by atoms with E-state index in [4.69, 9.17) is 0 Å². The molecule has 2 N–H and O–H groups in total. The number of amides is 1. The minimum atomic E-state index is -0.0674. The van der Waals surface area contributed by atoms with E-state index in [0.29, 0.717) is 0 Å². The third-order valence-corrected chi connectivity index (χ3v) is 5.12. The third kappa shape index (κ3) is 4.13. The summed E-state index contributed by atoms with van der Waals surface area (Å²) in [6.07, 6.45) is 3.28. The van der Waals surface area contributed by atoms with Crippen LogP contribution in [0.1, 0.15) is 18.9 Å². The van der Waals surface area contributed by atoms with Crippen LogP contribution in [0.5, 0.6) is 0 Å². The maximum atomic E-state index is 12.5. The monoisotopic (exact) mass is 385 g/mol. The normalized spacial score (nSPS) is 18.6. The van der Waals surface area contributed by atoms with Crippen LogP contribution >= 0.6 is 15.9 Å². The molecule has 0 aliphatic carbocycles. The zero-order chi connectivity index (χ0) is 16.9. The zero-order valence-electron chi connectivity index (χ0n) is 13.8. The summed E-state index contributed by atoms with van der Waals surface area (Å²) >= 11 is 3.40. The molecule has 1 aliphatic rings. The van der Waals surface area contributed by atoms with E-state index in [-0.39, 0.29) is 11.9 Å². The molecule has 1 amide bonds. The first-order valence-corrected chi connectivity index (χ1v) is 9.08. The van der Waals surface area contributed by atoms with Gasteiger partial charge in [-0.1, -0.05) is 46.3 Å². The minimum Gasteiger partial charge on any atom is -0.321 e. The highest BCUT2D eigenvalue weighted by Gasteiger charge is 2.27. The molecule has 2 atom stereocenters. The number of quaternary nitrogens is 1. The van der Waals surface area contributed by atoms with Gasteiger partial charge in [-0.3, -0.25) is 4.79 Å². The molecule has 4 heteroatoms. The Bertz CT molecular complexity index is 725. The smallest absolute Gasteiger partial charge is 0.282 e. The molecule has 0 aromatic heterocycles. The molecular weight excluding hydrogens is 364 g/mol. The van der Waals surface area contributed by atoms with Crippen molar-refractivity contribution >= 4 is 33.1 Å². The predicted octanol–water partition coefficient (Wildman–Crippen LogP) is 3.15. The van der Waals surface area contributed by atoms with E-state index in [9.17, 15) is 4.79 Å². The number of rotatable bonds is 4. The molecule has 1 heterocycles. The third-order valence-electron chi connectivity index (χ3n) is 4.59. The molecule has 1 unspecified atom stereocenters. The van der Waals surface area contributed by atoms with Gasteiger partial charge in [-0.25, -0.2) is 0 Å². The first-order chi connectivity index (χ1) is 11.6. The SMILES string of the molecule is C[C@H](C(=O)Nc1ccc(Br)cc1)[NH+]1CC=C(c2ccccc2)CC1. The van der Waals surface area contributed by atoms with Crippen molar-refractivity contribution in [2.45, 2.75) is 19.4 Å². The Kier molecular flexibility index (Phi) is 5.48. The number of hydrogen-bond donors (Lipinski definition) is 2. The Labute approximate surface area is 151 Å². The molecule has 0 bridgehead atoms. The largest absolute Gasteiger partial charge is 0.321 e. The lowest BCUT2D eigenvalue weighted by Crippen LogP contribution is -3.17. The number of halogens is 1. The van der Waals surface area contributed by atoms with Gasteiger partial charge in [-0.05, 0) is 48.4 Å². The van der Waals surface area contributed by atoms with Gasteiger partial charge in [-0.2, -0.15) is 0 Å². The van der Waals surface area contributed by atoms with Crippen molar-refractivity contribution in [2.24, 2.45) is 0 Å².